The lowest BCUT2D eigenvalue weighted by Crippen LogP contribution is -2.44. The number of carboxylic acids is 1. The SMILES string of the molecule is CC(C)C[C@@H](/C=C/[C@H](Cc1ccccc1)C(=O)N1CCCC1C(=O)O)NC(=O)OC(C)(C)C. The number of benzene rings is 1. The first-order chi connectivity index (χ1) is 15.5. The molecular weight excluding hydrogens is 420 g/mol. The molecule has 1 heterocycles. The summed E-state index contributed by atoms with van der Waals surface area (Å²) in [4.78, 5) is 38.9. The van der Waals surface area contributed by atoms with Gasteiger partial charge in [0.2, 0.25) is 5.91 Å². The van der Waals surface area contributed by atoms with Crippen LogP contribution in [0.2, 0.25) is 0 Å². The number of ether oxygens (including phenoxy) is 1. The third-order valence-electron chi connectivity index (χ3n) is 5.44. The van der Waals surface area contributed by atoms with Crippen molar-refractivity contribution in [3.05, 3.63) is 48.0 Å². The number of carbonyl (C=O) groups is 3. The lowest BCUT2D eigenvalue weighted by atomic mass is 9.95. The van der Waals surface area contributed by atoms with Gasteiger partial charge in [-0.15, -0.1) is 0 Å². The highest BCUT2D eigenvalue weighted by molar-refractivity contribution is 5.87. The minimum absolute atomic E-state index is 0.194. The maximum atomic E-state index is 13.4. The number of hydrogen-bond donors (Lipinski definition) is 2. The van der Waals surface area contributed by atoms with Crippen molar-refractivity contribution < 1.29 is 24.2 Å². The van der Waals surface area contributed by atoms with E-state index >= 15 is 0 Å². The highest BCUT2D eigenvalue weighted by Crippen LogP contribution is 2.23. The van der Waals surface area contributed by atoms with Crippen molar-refractivity contribution in [2.24, 2.45) is 11.8 Å². The molecular formula is C26H38N2O5. The fourth-order valence-corrected chi connectivity index (χ4v) is 4.03. The van der Waals surface area contributed by atoms with E-state index < -0.39 is 29.6 Å². The number of hydrogen-bond acceptors (Lipinski definition) is 4. The van der Waals surface area contributed by atoms with Gasteiger partial charge in [0, 0.05) is 6.54 Å². The standard InChI is InChI=1S/C26H38N2O5/c1-18(2)16-21(27-25(32)33-26(3,4)5)14-13-20(17-19-10-7-6-8-11-19)23(29)28-15-9-12-22(28)24(30)31/h6-8,10-11,13-14,18,20-22H,9,12,15-17H2,1-5H3,(H,27,32)(H,30,31)/b14-13+/t20-,21-,22?/m1/s1. The van der Waals surface area contributed by atoms with Crippen molar-refractivity contribution in [1.82, 2.24) is 10.2 Å². The molecule has 0 radical (unpaired) electrons. The van der Waals surface area contributed by atoms with Gasteiger partial charge in [-0.2, -0.15) is 0 Å². The highest BCUT2D eigenvalue weighted by Gasteiger charge is 2.36. The molecule has 0 aliphatic carbocycles. The summed E-state index contributed by atoms with van der Waals surface area (Å²) in [5.41, 5.74) is 0.385. The molecule has 3 atom stereocenters. The number of aliphatic carboxylic acids is 1. The van der Waals surface area contributed by atoms with E-state index in [0.717, 1.165) is 5.56 Å². The number of rotatable bonds is 9. The summed E-state index contributed by atoms with van der Waals surface area (Å²) in [5.74, 6) is -1.37. The Kier molecular flexibility index (Phi) is 9.50. The predicted octanol–water partition coefficient (Wildman–Crippen LogP) is 4.42. The van der Waals surface area contributed by atoms with Gasteiger partial charge in [0.1, 0.15) is 11.6 Å². The Morgan fingerprint density at radius 2 is 1.85 bits per heavy atom. The quantitative estimate of drug-likeness (QED) is 0.534. The molecule has 0 spiro atoms. The highest BCUT2D eigenvalue weighted by atomic mass is 16.6. The maximum absolute atomic E-state index is 13.4. The Balaban J connectivity index is 2.25. The first-order valence-electron chi connectivity index (χ1n) is 11.7. The number of nitrogens with one attached hydrogen (secondary N) is 1. The van der Waals surface area contributed by atoms with Crippen LogP contribution in [0, 0.1) is 11.8 Å². The van der Waals surface area contributed by atoms with Crippen molar-refractivity contribution in [1.29, 1.82) is 0 Å². The summed E-state index contributed by atoms with van der Waals surface area (Å²) in [6.45, 7) is 9.99. The van der Waals surface area contributed by atoms with Gasteiger partial charge in [0.15, 0.2) is 0 Å². The van der Waals surface area contributed by atoms with E-state index in [-0.39, 0.29) is 11.9 Å². The summed E-state index contributed by atoms with van der Waals surface area (Å²) in [7, 11) is 0. The molecule has 1 aromatic carbocycles. The van der Waals surface area contributed by atoms with Gasteiger partial charge in [0.25, 0.3) is 0 Å². The first-order valence-corrected chi connectivity index (χ1v) is 11.7. The van der Waals surface area contributed by atoms with Crippen LogP contribution in [0.3, 0.4) is 0 Å². The van der Waals surface area contributed by atoms with Crippen molar-refractivity contribution in [3.63, 3.8) is 0 Å². The largest absolute Gasteiger partial charge is 0.480 e. The third kappa shape index (κ3) is 8.91. The molecule has 2 N–H and O–H groups in total. The van der Waals surface area contributed by atoms with Crippen LogP contribution in [0.5, 0.6) is 0 Å². The van der Waals surface area contributed by atoms with Gasteiger partial charge >= 0.3 is 12.1 Å². The van der Waals surface area contributed by atoms with Crippen LogP contribution in [0.25, 0.3) is 0 Å². The molecule has 1 aromatic rings. The second kappa shape index (κ2) is 11.9. The Bertz CT molecular complexity index is 829. The lowest BCUT2D eigenvalue weighted by molar-refractivity contribution is -0.149. The molecule has 1 aliphatic rings. The monoisotopic (exact) mass is 458 g/mol. The van der Waals surface area contributed by atoms with E-state index in [1.54, 1.807) is 0 Å². The molecule has 1 fully saturated rings. The molecule has 0 bridgehead atoms. The Hall–Kier alpha value is -2.83. The van der Waals surface area contributed by atoms with Crippen LogP contribution in [0.1, 0.15) is 59.4 Å². The molecule has 1 saturated heterocycles. The van der Waals surface area contributed by atoms with E-state index in [4.69, 9.17) is 4.74 Å². The number of likely N-dealkylation sites (tertiary alicyclic amines) is 1. The topological polar surface area (TPSA) is 95.9 Å². The summed E-state index contributed by atoms with van der Waals surface area (Å²) >= 11 is 0. The van der Waals surface area contributed by atoms with Crippen molar-refractivity contribution in [3.8, 4) is 0 Å². The molecule has 182 valence electrons. The van der Waals surface area contributed by atoms with Gasteiger partial charge in [-0.1, -0.05) is 56.3 Å². The molecule has 0 saturated carbocycles. The summed E-state index contributed by atoms with van der Waals surface area (Å²) < 4.78 is 5.40. The molecule has 7 heteroatoms. The second-order valence-corrected chi connectivity index (χ2v) is 10.1. The minimum atomic E-state index is -0.965. The van der Waals surface area contributed by atoms with Crippen molar-refractivity contribution in [2.75, 3.05) is 6.54 Å². The fourth-order valence-electron chi connectivity index (χ4n) is 4.03. The number of carboxylic acid groups (broad SMARTS) is 1. The predicted molar refractivity (Wildman–Crippen MR) is 128 cm³/mol. The van der Waals surface area contributed by atoms with Crippen LogP contribution in [-0.4, -0.2) is 52.2 Å². The van der Waals surface area contributed by atoms with Gasteiger partial charge in [0.05, 0.1) is 12.0 Å². The summed E-state index contributed by atoms with van der Waals surface area (Å²) in [6.07, 6.45) is 5.45. The molecule has 0 aromatic heterocycles. The zero-order chi connectivity index (χ0) is 24.6. The Morgan fingerprint density at radius 3 is 2.42 bits per heavy atom. The maximum Gasteiger partial charge on any atom is 0.408 e. The molecule has 1 unspecified atom stereocenters. The average molecular weight is 459 g/mol. The third-order valence-corrected chi connectivity index (χ3v) is 5.44. The zero-order valence-electron chi connectivity index (χ0n) is 20.4. The summed E-state index contributed by atoms with van der Waals surface area (Å²) in [6, 6.07) is 8.58. The van der Waals surface area contributed by atoms with Gasteiger partial charge in [-0.05, 0) is 57.9 Å². The molecule has 7 nitrogen and oxygen atoms in total. The molecule has 2 amide bonds. The average Bonchev–Trinajstić information content (AvgIpc) is 3.19. The van der Waals surface area contributed by atoms with E-state index in [1.807, 2.05) is 63.3 Å². The van der Waals surface area contributed by atoms with Crippen LogP contribution >= 0.6 is 0 Å². The van der Waals surface area contributed by atoms with Gasteiger partial charge in [-0.25, -0.2) is 9.59 Å². The van der Waals surface area contributed by atoms with Gasteiger partial charge < -0.3 is 20.1 Å². The summed E-state index contributed by atoms with van der Waals surface area (Å²) in [5, 5.41) is 12.4. The minimum Gasteiger partial charge on any atom is -0.480 e. The van der Waals surface area contributed by atoms with Gasteiger partial charge in [-0.3, -0.25) is 4.79 Å². The van der Waals surface area contributed by atoms with Crippen molar-refractivity contribution >= 4 is 18.0 Å². The first kappa shape index (κ1) is 26.4. The number of alkyl carbamates (subject to hydrolysis) is 1. The second-order valence-electron chi connectivity index (χ2n) is 10.1. The van der Waals surface area contributed by atoms with E-state index in [0.29, 0.717) is 38.1 Å². The molecule has 33 heavy (non-hydrogen) atoms. The number of carbonyl (C=O) groups excluding carboxylic acids is 2. The molecule has 2 rings (SSSR count). The van der Waals surface area contributed by atoms with Crippen LogP contribution in [-0.2, 0) is 20.7 Å². The smallest absolute Gasteiger partial charge is 0.408 e. The van der Waals surface area contributed by atoms with E-state index in [2.05, 4.69) is 19.2 Å². The van der Waals surface area contributed by atoms with Crippen molar-refractivity contribution in [2.45, 2.75) is 78.0 Å². The number of nitrogens with zero attached hydrogens (tertiary/aromatic N) is 1. The fraction of sp³-hybridized carbons (Fsp3) is 0.577. The normalized spacial score (nSPS) is 18.4. The van der Waals surface area contributed by atoms with Crippen LogP contribution in [0.4, 0.5) is 4.79 Å². The van der Waals surface area contributed by atoms with E-state index in [9.17, 15) is 19.5 Å². The molecule has 1 aliphatic heterocycles. The van der Waals surface area contributed by atoms with E-state index in [1.165, 1.54) is 4.90 Å². The Labute approximate surface area is 197 Å². The lowest BCUT2D eigenvalue weighted by Gasteiger charge is -2.26. The zero-order valence-corrected chi connectivity index (χ0v) is 20.4. The number of amides is 2. The van der Waals surface area contributed by atoms with Crippen LogP contribution < -0.4 is 5.32 Å². The Morgan fingerprint density at radius 1 is 1.18 bits per heavy atom. The van der Waals surface area contributed by atoms with Crippen LogP contribution in [0.15, 0.2) is 42.5 Å².